The highest BCUT2D eigenvalue weighted by molar-refractivity contribution is 5.94. The van der Waals surface area contributed by atoms with Crippen molar-refractivity contribution in [2.45, 2.75) is 25.9 Å². The van der Waals surface area contributed by atoms with Crippen molar-refractivity contribution >= 4 is 11.6 Å². The molecule has 0 radical (unpaired) electrons. The Balaban J connectivity index is 1.67. The first kappa shape index (κ1) is 13.4. The van der Waals surface area contributed by atoms with E-state index < -0.39 is 0 Å². The first-order valence-electron chi connectivity index (χ1n) is 7.50. The van der Waals surface area contributed by atoms with Crippen LogP contribution in [0.4, 0.5) is 5.69 Å². The van der Waals surface area contributed by atoms with Crippen molar-refractivity contribution in [1.29, 1.82) is 0 Å². The molecule has 20 heavy (non-hydrogen) atoms. The quantitative estimate of drug-likeness (QED) is 0.886. The second-order valence-electron chi connectivity index (χ2n) is 5.89. The summed E-state index contributed by atoms with van der Waals surface area (Å²) in [7, 11) is 0. The number of aliphatic hydroxyl groups is 1. The monoisotopic (exact) mass is 274 g/mol. The summed E-state index contributed by atoms with van der Waals surface area (Å²) in [6, 6.07) is 7.65. The molecule has 3 unspecified atom stereocenters. The van der Waals surface area contributed by atoms with Gasteiger partial charge >= 0.3 is 0 Å². The fourth-order valence-corrected chi connectivity index (χ4v) is 3.52. The molecule has 3 rings (SSSR count). The average molecular weight is 274 g/mol. The van der Waals surface area contributed by atoms with Gasteiger partial charge in [-0.3, -0.25) is 4.79 Å². The molecule has 1 aromatic rings. The Morgan fingerprint density at radius 1 is 1.30 bits per heavy atom. The average Bonchev–Trinajstić information content (AvgIpc) is 3.02. The van der Waals surface area contributed by atoms with Gasteiger partial charge in [-0.2, -0.15) is 0 Å². The Morgan fingerprint density at radius 2 is 2.05 bits per heavy atom. The summed E-state index contributed by atoms with van der Waals surface area (Å²) in [6.45, 7) is 4.43. The van der Waals surface area contributed by atoms with Gasteiger partial charge in [-0.05, 0) is 49.9 Å². The van der Waals surface area contributed by atoms with Gasteiger partial charge in [0, 0.05) is 36.8 Å². The number of carbonyl (C=O) groups excluding carboxylic acids is 1. The minimum Gasteiger partial charge on any atom is -0.393 e. The second-order valence-corrected chi connectivity index (χ2v) is 5.89. The molecule has 1 aliphatic carbocycles. The maximum atomic E-state index is 12.5. The molecule has 2 aliphatic rings. The van der Waals surface area contributed by atoms with Crippen molar-refractivity contribution in [3.63, 3.8) is 0 Å². The molecular weight excluding hydrogens is 252 g/mol. The van der Waals surface area contributed by atoms with E-state index in [9.17, 15) is 9.90 Å². The van der Waals surface area contributed by atoms with Crippen LogP contribution >= 0.6 is 0 Å². The van der Waals surface area contributed by atoms with Crippen LogP contribution in [-0.2, 0) is 0 Å². The summed E-state index contributed by atoms with van der Waals surface area (Å²) >= 11 is 0. The molecule has 1 saturated carbocycles. The number of hydrogen-bond donors (Lipinski definition) is 2. The number of anilines is 1. The predicted molar refractivity (Wildman–Crippen MR) is 78.7 cm³/mol. The van der Waals surface area contributed by atoms with Gasteiger partial charge in [0.2, 0.25) is 0 Å². The van der Waals surface area contributed by atoms with Crippen LogP contribution in [0.1, 0.15) is 30.1 Å². The zero-order valence-electron chi connectivity index (χ0n) is 11.9. The molecule has 1 aliphatic heterocycles. The minimum absolute atomic E-state index is 0.0923. The Labute approximate surface area is 119 Å². The molecule has 0 bridgehead atoms. The van der Waals surface area contributed by atoms with E-state index in [-0.39, 0.29) is 12.0 Å². The lowest BCUT2D eigenvalue weighted by Gasteiger charge is -2.18. The smallest absolute Gasteiger partial charge is 0.253 e. The summed E-state index contributed by atoms with van der Waals surface area (Å²) in [6.07, 6.45) is 1.73. The lowest BCUT2D eigenvalue weighted by Crippen LogP contribution is -2.31. The van der Waals surface area contributed by atoms with Crippen molar-refractivity contribution < 1.29 is 9.90 Å². The number of amides is 1. The number of rotatable bonds is 3. The van der Waals surface area contributed by atoms with Crippen molar-refractivity contribution in [1.82, 2.24) is 4.90 Å². The zero-order valence-corrected chi connectivity index (χ0v) is 11.9. The highest BCUT2D eigenvalue weighted by Crippen LogP contribution is 2.38. The van der Waals surface area contributed by atoms with Crippen LogP contribution in [0.5, 0.6) is 0 Å². The molecule has 3 atom stereocenters. The first-order chi connectivity index (χ1) is 9.69. The van der Waals surface area contributed by atoms with Gasteiger partial charge in [0.15, 0.2) is 0 Å². The first-order valence-corrected chi connectivity index (χ1v) is 7.50. The van der Waals surface area contributed by atoms with E-state index in [0.29, 0.717) is 18.4 Å². The Kier molecular flexibility index (Phi) is 3.66. The molecule has 1 amide bonds. The van der Waals surface area contributed by atoms with Gasteiger partial charge in [0.05, 0.1) is 6.10 Å². The van der Waals surface area contributed by atoms with Crippen molar-refractivity contribution in [3.05, 3.63) is 29.8 Å². The standard InChI is InChI=1S/C16H22N2O2/c1-2-17-13-6-3-11(4-7-13)16(20)18-9-12-5-8-15(19)14(12)10-18/h3-4,6-7,12,14-15,17,19H,2,5,8-10H2,1H3. The largest absolute Gasteiger partial charge is 0.393 e. The number of nitrogens with one attached hydrogen (secondary N) is 1. The van der Waals surface area contributed by atoms with Crippen LogP contribution in [-0.4, -0.2) is 41.7 Å². The van der Waals surface area contributed by atoms with E-state index >= 15 is 0 Å². The molecule has 4 nitrogen and oxygen atoms in total. The van der Waals surface area contributed by atoms with E-state index in [0.717, 1.165) is 37.2 Å². The molecule has 1 heterocycles. The van der Waals surface area contributed by atoms with Gasteiger partial charge < -0.3 is 15.3 Å². The molecule has 0 spiro atoms. The minimum atomic E-state index is -0.214. The molecule has 4 heteroatoms. The summed E-state index contributed by atoms with van der Waals surface area (Å²) in [5, 5.41) is 13.1. The number of likely N-dealkylation sites (tertiary alicyclic amines) is 1. The number of hydrogen-bond acceptors (Lipinski definition) is 3. The summed E-state index contributed by atoms with van der Waals surface area (Å²) in [5.41, 5.74) is 1.78. The maximum absolute atomic E-state index is 12.5. The topological polar surface area (TPSA) is 52.6 Å². The summed E-state index contributed by atoms with van der Waals surface area (Å²) in [5.74, 6) is 0.879. The van der Waals surface area contributed by atoms with Crippen molar-refractivity contribution in [2.24, 2.45) is 11.8 Å². The van der Waals surface area contributed by atoms with Crippen LogP contribution in [0.25, 0.3) is 0 Å². The molecule has 2 fully saturated rings. The molecular formula is C16H22N2O2. The van der Waals surface area contributed by atoms with Gasteiger partial charge in [-0.1, -0.05) is 0 Å². The molecule has 108 valence electrons. The highest BCUT2D eigenvalue weighted by Gasteiger charge is 2.43. The van der Waals surface area contributed by atoms with E-state index in [1.807, 2.05) is 36.1 Å². The van der Waals surface area contributed by atoms with Gasteiger partial charge in [0.1, 0.15) is 0 Å². The molecule has 0 aromatic heterocycles. The third-order valence-electron chi connectivity index (χ3n) is 4.62. The van der Waals surface area contributed by atoms with Crippen molar-refractivity contribution in [2.75, 3.05) is 25.0 Å². The van der Waals surface area contributed by atoms with E-state index in [4.69, 9.17) is 0 Å². The number of nitrogens with zero attached hydrogens (tertiary/aromatic N) is 1. The fraction of sp³-hybridized carbons (Fsp3) is 0.562. The Morgan fingerprint density at radius 3 is 2.70 bits per heavy atom. The van der Waals surface area contributed by atoms with Crippen LogP contribution in [0.15, 0.2) is 24.3 Å². The van der Waals surface area contributed by atoms with Crippen LogP contribution in [0.3, 0.4) is 0 Å². The third-order valence-corrected chi connectivity index (χ3v) is 4.62. The zero-order chi connectivity index (χ0) is 14.1. The molecule has 1 saturated heterocycles. The molecule has 2 N–H and O–H groups in total. The molecule has 1 aromatic carbocycles. The van der Waals surface area contributed by atoms with E-state index in [1.54, 1.807) is 0 Å². The summed E-state index contributed by atoms with van der Waals surface area (Å²) < 4.78 is 0. The lowest BCUT2D eigenvalue weighted by molar-refractivity contribution is 0.0752. The van der Waals surface area contributed by atoms with E-state index in [1.165, 1.54) is 0 Å². The fourth-order valence-electron chi connectivity index (χ4n) is 3.52. The highest BCUT2D eigenvalue weighted by atomic mass is 16.3. The number of carbonyl (C=O) groups is 1. The second kappa shape index (κ2) is 5.44. The SMILES string of the molecule is CCNc1ccc(C(=O)N2CC3CCC(O)C3C2)cc1. The van der Waals surface area contributed by atoms with Gasteiger partial charge in [-0.15, -0.1) is 0 Å². The summed E-state index contributed by atoms with van der Waals surface area (Å²) in [4.78, 5) is 14.4. The van der Waals surface area contributed by atoms with Crippen LogP contribution in [0.2, 0.25) is 0 Å². The van der Waals surface area contributed by atoms with Crippen molar-refractivity contribution in [3.8, 4) is 0 Å². The Hall–Kier alpha value is -1.55. The Bertz CT molecular complexity index is 486. The van der Waals surface area contributed by atoms with Gasteiger partial charge in [-0.25, -0.2) is 0 Å². The number of aliphatic hydroxyl groups excluding tert-OH is 1. The predicted octanol–water partition coefficient (Wildman–Crippen LogP) is 1.96. The van der Waals surface area contributed by atoms with E-state index in [2.05, 4.69) is 5.32 Å². The van der Waals surface area contributed by atoms with Crippen LogP contribution < -0.4 is 5.32 Å². The normalized spacial score (nSPS) is 28.5. The number of fused-ring (bicyclic) bond motifs is 1. The number of benzene rings is 1. The maximum Gasteiger partial charge on any atom is 0.253 e. The van der Waals surface area contributed by atoms with Gasteiger partial charge in [0.25, 0.3) is 5.91 Å². The lowest BCUT2D eigenvalue weighted by atomic mass is 10.00. The van der Waals surface area contributed by atoms with Crippen LogP contribution in [0, 0.1) is 11.8 Å². The third kappa shape index (κ3) is 2.40.